The average molecular weight is 576 g/mol. The number of halogens is 1. The van der Waals surface area contributed by atoms with E-state index in [4.69, 9.17) is 11.6 Å². The molecule has 0 aliphatic carbocycles. The Morgan fingerprint density at radius 3 is 2.45 bits per heavy atom. The first-order valence-electron chi connectivity index (χ1n) is 13.4. The number of benzene rings is 4. The number of hydrogen-bond donors (Lipinski definition) is 1. The predicted octanol–water partition coefficient (Wildman–Crippen LogP) is 6.10. The minimum absolute atomic E-state index is 0.0701. The molecule has 3 aliphatic rings. The highest BCUT2D eigenvalue weighted by molar-refractivity contribution is 6.34. The Balaban J connectivity index is 1.54. The summed E-state index contributed by atoms with van der Waals surface area (Å²) in [5.74, 6) is -2.60. The van der Waals surface area contributed by atoms with E-state index in [1.54, 1.807) is 42.5 Å². The van der Waals surface area contributed by atoms with Crippen molar-refractivity contribution in [2.24, 2.45) is 5.92 Å². The van der Waals surface area contributed by atoms with Crippen LogP contribution in [0, 0.1) is 16.0 Å². The molecule has 3 heterocycles. The quantitative estimate of drug-likeness (QED) is 0.175. The molecule has 8 nitrogen and oxygen atoms in total. The molecule has 0 saturated carbocycles. The Kier molecular flexibility index (Phi) is 5.85. The summed E-state index contributed by atoms with van der Waals surface area (Å²) < 4.78 is 0. The number of hydrogen-bond acceptors (Lipinski definition) is 6. The Labute approximate surface area is 245 Å². The summed E-state index contributed by atoms with van der Waals surface area (Å²) in [5.41, 5.74) is 1.18. The molecule has 0 bridgehead atoms. The fourth-order valence-electron chi connectivity index (χ4n) is 6.89. The largest absolute Gasteiger partial charge is 0.352 e. The normalized spacial score (nSPS) is 23.2. The van der Waals surface area contributed by atoms with E-state index in [1.165, 1.54) is 24.3 Å². The number of nitrogens with one attached hydrogen (secondary N) is 1. The van der Waals surface area contributed by atoms with Crippen molar-refractivity contribution in [3.63, 3.8) is 0 Å². The highest BCUT2D eigenvalue weighted by Gasteiger charge is 2.70. The number of carbonyl (C=O) groups excluding carboxylic acids is 3. The molecular formula is C33H22ClN3O5. The van der Waals surface area contributed by atoms with Crippen LogP contribution < -0.4 is 10.2 Å². The Morgan fingerprint density at radius 2 is 1.64 bits per heavy atom. The van der Waals surface area contributed by atoms with Gasteiger partial charge in [0.05, 0.1) is 21.9 Å². The van der Waals surface area contributed by atoms with E-state index in [1.807, 2.05) is 47.4 Å². The SMILES string of the molecule is O=C(c1cccc([N+](=O)[O-])c1)[C@@H]1[C@H](C(=O)c2ccccc2Cl)[C@]2(C(=O)Nc3ccccc32)[C@H]2C=Cc3ccccc3N12. The molecule has 1 spiro atoms. The number of fused-ring (bicyclic) bond motifs is 6. The molecule has 0 radical (unpaired) electrons. The van der Waals surface area contributed by atoms with Crippen LogP contribution in [0.3, 0.4) is 0 Å². The summed E-state index contributed by atoms with van der Waals surface area (Å²) in [6.07, 6.45) is 3.78. The maximum absolute atomic E-state index is 14.8. The van der Waals surface area contributed by atoms with Gasteiger partial charge in [0.15, 0.2) is 11.6 Å². The van der Waals surface area contributed by atoms with Crippen LogP contribution in [0.1, 0.15) is 31.8 Å². The van der Waals surface area contributed by atoms with E-state index in [0.717, 1.165) is 5.56 Å². The van der Waals surface area contributed by atoms with Gasteiger partial charge < -0.3 is 10.2 Å². The number of nitro benzene ring substituents is 1. The lowest BCUT2D eigenvalue weighted by atomic mass is 9.64. The lowest BCUT2D eigenvalue weighted by Gasteiger charge is -2.37. The van der Waals surface area contributed by atoms with Gasteiger partial charge in [0.25, 0.3) is 5.69 Å². The Hall–Kier alpha value is -5.08. The van der Waals surface area contributed by atoms with Crippen LogP contribution in [-0.4, -0.2) is 34.5 Å². The summed E-state index contributed by atoms with van der Waals surface area (Å²) in [4.78, 5) is 56.7. The molecule has 0 aromatic heterocycles. The van der Waals surface area contributed by atoms with Gasteiger partial charge in [0.1, 0.15) is 11.5 Å². The van der Waals surface area contributed by atoms with Crippen molar-refractivity contribution >= 4 is 52.2 Å². The number of nitro groups is 1. The average Bonchev–Trinajstić information content (AvgIpc) is 3.49. The van der Waals surface area contributed by atoms with Crippen LogP contribution in [0.4, 0.5) is 17.1 Å². The zero-order chi connectivity index (χ0) is 29.2. The molecule has 206 valence electrons. The van der Waals surface area contributed by atoms with Gasteiger partial charge in [-0.2, -0.15) is 0 Å². The second-order valence-electron chi connectivity index (χ2n) is 10.6. The van der Waals surface area contributed by atoms with E-state index in [2.05, 4.69) is 5.32 Å². The zero-order valence-corrected chi connectivity index (χ0v) is 22.7. The molecule has 9 heteroatoms. The van der Waals surface area contributed by atoms with Crippen LogP contribution in [-0.2, 0) is 10.2 Å². The fourth-order valence-corrected chi connectivity index (χ4v) is 7.12. The Bertz CT molecular complexity index is 1870. The van der Waals surface area contributed by atoms with Gasteiger partial charge in [-0.25, -0.2) is 0 Å². The van der Waals surface area contributed by atoms with E-state index in [0.29, 0.717) is 16.9 Å². The van der Waals surface area contributed by atoms with Crippen LogP contribution >= 0.6 is 11.6 Å². The molecule has 42 heavy (non-hydrogen) atoms. The monoisotopic (exact) mass is 575 g/mol. The number of rotatable bonds is 5. The zero-order valence-electron chi connectivity index (χ0n) is 21.9. The number of anilines is 2. The van der Waals surface area contributed by atoms with Gasteiger partial charge in [0.2, 0.25) is 5.91 Å². The molecule has 7 rings (SSSR count). The number of ketones is 2. The van der Waals surface area contributed by atoms with Crippen molar-refractivity contribution in [3.05, 3.63) is 141 Å². The molecular weight excluding hydrogens is 554 g/mol. The first kappa shape index (κ1) is 25.9. The number of para-hydroxylation sites is 2. The summed E-state index contributed by atoms with van der Waals surface area (Å²) >= 11 is 6.55. The molecule has 1 saturated heterocycles. The Morgan fingerprint density at radius 1 is 0.905 bits per heavy atom. The van der Waals surface area contributed by atoms with Crippen molar-refractivity contribution in [1.29, 1.82) is 0 Å². The third-order valence-corrected chi connectivity index (χ3v) is 8.90. The topological polar surface area (TPSA) is 110 Å². The number of amides is 1. The minimum Gasteiger partial charge on any atom is -0.352 e. The summed E-state index contributed by atoms with van der Waals surface area (Å²) in [7, 11) is 0. The van der Waals surface area contributed by atoms with E-state index >= 15 is 0 Å². The standard InChI is InChI=1S/C33H22ClN3O5/c34-24-13-4-2-11-22(24)31(39)28-29(30(38)20-9-7-10-21(18-20)37(41)42)36-26-15-6-1-8-19(26)16-17-27(36)33(28)23-12-3-5-14-25(23)35-32(33)40/h1-18,27-29H,(H,35,40)/t27-,28-,29+,33-/m1/s1. The first-order valence-corrected chi connectivity index (χ1v) is 13.8. The van der Waals surface area contributed by atoms with Gasteiger partial charge in [0, 0.05) is 34.6 Å². The maximum Gasteiger partial charge on any atom is 0.270 e. The van der Waals surface area contributed by atoms with E-state index in [9.17, 15) is 24.5 Å². The van der Waals surface area contributed by atoms with Gasteiger partial charge in [-0.15, -0.1) is 0 Å². The number of non-ortho nitro benzene ring substituents is 1. The van der Waals surface area contributed by atoms with Gasteiger partial charge in [-0.3, -0.25) is 24.5 Å². The highest BCUT2D eigenvalue weighted by Crippen LogP contribution is 2.58. The molecule has 1 amide bonds. The van der Waals surface area contributed by atoms with Gasteiger partial charge >= 0.3 is 0 Å². The van der Waals surface area contributed by atoms with Crippen molar-refractivity contribution in [1.82, 2.24) is 0 Å². The molecule has 1 N–H and O–H groups in total. The second kappa shape index (κ2) is 9.49. The van der Waals surface area contributed by atoms with E-state index < -0.39 is 45.8 Å². The van der Waals surface area contributed by atoms with Crippen LogP contribution in [0.2, 0.25) is 5.02 Å². The minimum atomic E-state index is -1.50. The summed E-state index contributed by atoms with van der Waals surface area (Å²) in [5, 5.41) is 14.8. The number of nitrogens with zero attached hydrogens (tertiary/aromatic N) is 2. The maximum atomic E-state index is 14.8. The third-order valence-electron chi connectivity index (χ3n) is 8.57. The highest BCUT2D eigenvalue weighted by atomic mass is 35.5. The van der Waals surface area contributed by atoms with Crippen molar-refractivity contribution in [2.75, 3.05) is 10.2 Å². The van der Waals surface area contributed by atoms with Crippen LogP contribution in [0.15, 0.2) is 103 Å². The molecule has 3 aliphatic heterocycles. The summed E-state index contributed by atoms with van der Waals surface area (Å²) in [6, 6.07) is 24.8. The smallest absolute Gasteiger partial charge is 0.270 e. The van der Waals surface area contributed by atoms with E-state index in [-0.39, 0.29) is 21.8 Å². The number of carbonyl (C=O) groups is 3. The molecule has 4 aromatic rings. The number of Topliss-reactive ketones (excluding diaryl/α,β-unsaturated/α-hetero) is 2. The van der Waals surface area contributed by atoms with Crippen molar-refractivity contribution in [3.8, 4) is 0 Å². The lowest BCUT2D eigenvalue weighted by Crippen LogP contribution is -2.51. The second-order valence-corrected chi connectivity index (χ2v) is 11.0. The molecule has 0 unspecified atom stereocenters. The van der Waals surface area contributed by atoms with Gasteiger partial charge in [-0.05, 0) is 35.4 Å². The van der Waals surface area contributed by atoms with Gasteiger partial charge in [-0.1, -0.05) is 84.4 Å². The lowest BCUT2D eigenvalue weighted by molar-refractivity contribution is -0.384. The molecule has 4 atom stereocenters. The summed E-state index contributed by atoms with van der Waals surface area (Å²) in [6.45, 7) is 0. The third kappa shape index (κ3) is 3.51. The van der Waals surface area contributed by atoms with Crippen LogP contribution in [0.5, 0.6) is 0 Å². The molecule has 4 aromatic carbocycles. The fraction of sp³-hybridized carbons (Fsp3) is 0.121. The van der Waals surface area contributed by atoms with Crippen LogP contribution in [0.25, 0.3) is 6.08 Å². The first-order chi connectivity index (χ1) is 20.3. The molecule has 1 fully saturated rings. The predicted molar refractivity (Wildman–Crippen MR) is 159 cm³/mol. The van der Waals surface area contributed by atoms with Crippen molar-refractivity contribution < 1.29 is 19.3 Å². The van der Waals surface area contributed by atoms with Crippen molar-refractivity contribution in [2.45, 2.75) is 17.5 Å².